The van der Waals surface area contributed by atoms with Crippen molar-refractivity contribution in [2.75, 3.05) is 44.7 Å². The number of hydrogen-bond acceptors (Lipinski definition) is 3. The number of benzene rings is 1. The molecule has 0 radical (unpaired) electrons. The molecule has 0 unspecified atom stereocenters. The van der Waals surface area contributed by atoms with Gasteiger partial charge in [-0.05, 0) is 18.1 Å². The summed E-state index contributed by atoms with van der Waals surface area (Å²) in [5.41, 5.74) is 0.923. The Morgan fingerprint density at radius 2 is 1.79 bits per heavy atom. The first kappa shape index (κ1) is 20.9. The van der Waals surface area contributed by atoms with E-state index in [1.807, 2.05) is 25.2 Å². The first-order chi connectivity index (χ1) is 11.2. The monoisotopic (exact) mass is 446 g/mol. The zero-order valence-corrected chi connectivity index (χ0v) is 17.4. The van der Waals surface area contributed by atoms with Gasteiger partial charge in [0.1, 0.15) is 5.75 Å². The highest BCUT2D eigenvalue weighted by Crippen LogP contribution is 2.27. The third-order valence-electron chi connectivity index (χ3n) is 4.72. The van der Waals surface area contributed by atoms with Gasteiger partial charge < -0.3 is 20.2 Å². The largest absolute Gasteiger partial charge is 0.506 e. The second-order valence-electron chi connectivity index (χ2n) is 6.07. The summed E-state index contributed by atoms with van der Waals surface area (Å²) in [6, 6.07) is 7.55. The molecule has 24 heavy (non-hydrogen) atoms. The Labute approximate surface area is 163 Å². The molecule has 1 aromatic carbocycles. The number of nitrogens with one attached hydrogen (secondary N) is 1. The van der Waals surface area contributed by atoms with E-state index in [1.165, 1.54) is 12.8 Å². The lowest BCUT2D eigenvalue weighted by Crippen LogP contribution is -2.53. The van der Waals surface area contributed by atoms with Gasteiger partial charge in [-0.15, -0.1) is 24.0 Å². The van der Waals surface area contributed by atoms with Crippen molar-refractivity contribution in [2.45, 2.75) is 26.7 Å². The van der Waals surface area contributed by atoms with Crippen molar-refractivity contribution < 1.29 is 5.11 Å². The average Bonchev–Trinajstić information content (AvgIpc) is 2.60. The maximum Gasteiger partial charge on any atom is 0.193 e. The summed E-state index contributed by atoms with van der Waals surface area (Å²) in [6.45, 7) is 9.08. The number of phenols is 1. The molecule has 2 rings (SSSR count). The van der Waals surface area contributed by atoms with Gasteiger partial charge in [0.15, 0.2) is 5.96 Å². The second kappa shape index (κ2) is 10.6. The molecule has 1 fully saturated rings. The second-order valence-corrected chi connectivity index (χ2v) is 6.07. The molecule has 1 saturated heterocycles. The molecular formula is C18H31IN4O. The minimum absolute atomic E-state index is 0. The quantitative estimate of drug-likeness (QED) is 0.415. The molecule has 1 heterocycles. The van der Waals surface area contributed by atoms with Gasteiger partial charge >= 0.3 is 0 Å². The zero-order chi connectivity index (χ0) is 16.7. The molecule has 0 bridgehead atoms. The first-order valence-corrected chi connectivity index (χ1v) is 8.68. The number of hydrogen-bond donors (Lipinski definition) is 2. The van der Waals surface area contributed by atoms with Crippen molar-refractivity contribution in [3.8, 4) is 5.75 Å². The Hall–Kier alpha value is -1.18. The lowest BCUT2D eigenvalue weighted by Gasteiger charge is -2.38. The standard InChI is InChI=1S/C18H30N4O.HI/c1-4-15(5-2)14-20-18(19-3)22-12-10-21(11-13-22)16-8-6-7-9-17(16)23;/h6-9,15,23H,4-5,10-14H2,1-3H3,(H,19,20);1H. The number of guanidine groups is 1. The smallest absolute Gasteiger partial charge is 0.193 e. The fourth-order valence-corrected chi connectivity index (χ4v) is 3.04. The Morgan fingerprint density at radius 1 is 1.17 bits per heavy atom. The molecule has 0 saturated carbocycles. The number of halogens is 1. The molecular weight excluding hydrogens is 415 g/mol. The van der Waals surface area contributed by atoms with Gasteiger partial charge in [0.25, 0.3) is 0 Å². The maximum atomic E-state index is 9.99. The lowest BCUT2D eigenvalue weighted by molar-refractivity contribution is 0.363. The summed E-state index contributed by atoms with van der Waals surface area (Å²) in [6.07, 6.45) is 2.39. The van der Waals surface area contributed by atoms with E-state index >= 15 is 0 Å². The molecule has 6 heteroatoms. The van der Waals surface area contributed by atoms with Gasteiger partial charge in [-0.1, -0.05) is 38.8 Å². The zero-order valence-electron chi connectivity index (χ0n) is 15.0. The predicted molar refractivity (Wildman–Crippen MR) is 113 cm³/mol. The molecule has 5 nitrogen and oxygen atoms in total. The molecule has 0 aromatic heterocycles. The summed E-state index contributed by atoms with van der Waals surface area (Å²) in [5.74, 6) is 2.06. The van der Waals surface area contributed by atoms with Crippen molar-refractivity contribution in [1.29, 1.82) is 0 Å². The number of phenolic OH excluding ortho intramolecular Hbond substituents is 1. The molecule has 2 N–H and O–H groups in total. The van der Waals surface area contributed by atoms with E-state index in [2.05, 4.69) is 34.0 Å². The van der Waals surface area contributed by atoms with Crippen LogP contribution in [0.1, 0.15) is 26.7 Å². The fraction of sp³-hybridized carbons (Fsp3) is 0.611. The third-order valence-corrected chi connectivity index (χ3v) is 4.72. The van der Waals surface area contributed by atoms with E-state index in [1.54, 1.807) is 6.07 Å². The first-order valence-electron chi connectivity index (χ1n) is 8.68. The van der Waals surface area contributed by atoms with Crippen molar-refractivity contribution in [1.82, 2.24) is 10.2 Å². The van der Waals surface area contributed by atoms with Crippen molar-refractivity contribution >= 4 is 35.6 Å². The Kier molecular flexibility index (Phi) is 9.25. The number of rotatable bonds is 5. The molecule has 0 atom stereocenters. The normalized spacial score (nSPS) is 15.4. The number of anilines is 1. The highest BCUT2D eigenvalue weighted by molar-refractivity contribution is 14.0. The van der Waals surface area contributed by atoms with Gasteiger partial charge in [0.2, 0.25) is 0 Å². The maximum absolute atomic E-state index is 9.99. The van der Waals surface area contributed by atoms with Crippen LogP contribution in [0.25, 0.3) is 0 Å². The van der Waals surface area contributed by atoms with Crippen LogP contribution in [-0.4, -0.2) is 55.7 Å². The van der Waals surface area contributed by atoms with Crippen LogP contribution in [0.3, 0.4) is 0 Å². The van der Waals surface area contributed by atoms with Crippen LogP contribution in [0.5, 0.6) is 5.75 Å². The van der Waals surface area contributed by atoms with E-state index in [-0.39, 0.29) is 24.0 Å². The molecule has 1 aliphatic rings. The molecule has 0 amide bonds. The number of piperazine rings is 1. The highest BCUT2D eigenvalue weighted by atomic mass is 127. The van der Waals surface area contributed by atoms with E-state index in [0.29, 0.717) is 11.7 Å². The number of nitrogens with zero attached hydrogens (tertiary/aromatic N) is 3. The fourth-order valence-electron chi connectivity index (χ4n) is 3.04. The molecule has 1 aromatic rings. The van der Waals surface area contributed by atoms with Crippen molar-refractivity contribution in [3.63, 3.8) is 0 Å². The van der Waals surface area contributed by atoms with Crippen LogP contribution in [0.15, 0.2) is 29.3 Å². The van der Waals surface area contributed by atoms with Crippen LogP contribution >= 0.6 is 24.0 Å². The van der Waals surface area contributed by atoms with E-state index in [4.69, 9.17) is 0 Å². The van der Waals surface area contributed by atoms with Crippen LogP contribution in [-0.2, 0) is 0 Å². The summed E-state index contributed by atoms with van der Waals surface area (Å²) >= 11 is 0. The van der Waals surface area contributed by atoms with Gasteiger partial charge in [0, 0.05) is 39.8 Å². The Balaban J connectivity index is 0.00000288. The summed E-state index contributed by atoms with van der Waals surface area (Å²) in [7, 11) is 1.85. The molecule has 136 valence electrons. The number of aromatic hydroxyl groups is 1. The van der Waals surface area contributed by atoms with Crippen molar-refractivity contribution in [2.24, 2.45) is 10.9 Å². The number of para-hydroxylation sites is 2. The van der Waals surface area contributed by atoms with Gasteiger partial charge in [-0.25, -0.2) is 0 Å². The minimum Gasteiger partial charge on any atom is -0.506 e. The third kappa shape index (κ3) is 5.43. The van der Waals surface area contributed by atoms with Crippen LogP contribution in [0.2, 0.25) is 0 Å². The minimum atomic E-state index is 0. The molecule has 0 aliphatic carbocycles. The van der Waals surface area contributed by atoms with Crippen LogP contribution < -0.4 is 10.2 Å². The van der Waals surface area contributed by atoms with Crippen molar-refractivity contribution in [3.05, 3.63) is 24.3 Å². The summed E-state index contributed by atoms with van der Waals surface area (Å²) in [5, 5.41) is 13.5. The number of aliphatic imine (C=N–C) groups is 1. The Morgan fingerprint density at radius 3 is 2.33 bits per heavy atom. The summed E-state index contributed by atoms with van der Waals surface area (Å²) < 4.78 is 0. The van der Waals surface area contributed by atoms with Crippen LogP contribution in [0, 0.1) is 5.92 Å². The van der Waals surface area contributed by atoms with Gasteiger partial charge in [-0.2, -0.15) is 0 Å². The highest BCUT2D eigenvalue weighted by Gasteiger charge is 2.21. The average molecular weight is 446 g/mol. The van der Waals surface area contributed by atoms with E-state index < -0.39 is 0 Å². The topological polar surface area (TPSA) is 51.1 Å². The molecule has 1 aliphatic heterocycles. The Bertz CT molecular complexity index is 511. The van der Waals surface area contributed by atoms with E-state index in [9.17, 15) is 5.11 Å². The lowest BCUT2D eigenvalue weighted by atomic mass is 10.0. The summed E-state index contributed by atoms with van der Waals surface area (Å²) in [4.78, 5) is 8.97. The van der Waals surface area contributed by atoms with Gasteiger partial charge in [-0.3, -0.25) is 4.99 Å². The predicted octanol–water partition coefficient (Wildman–Crippen LogP) is 3.14. The van der Waals surface area contributed by atoms with E-state index in [0.717, 1.165) is 44.4 Å². The molecule has 0 spiro atoms. The van der Waals surface area contributed by atoms with Gasteiger partial charge in [0.05, 0.1) is 5.69 Å². The van der Waals surface area contributed by atoms with Crippen LogP contribution in [0.4, 0.5) is 5.69 Å². The SMILES string of the molecule is CCC(CC)CNC(=NC)N1CCN(c2ccccc2O)CC1.I.